The Morgan fingerprint density at radius 2 is 1.57 bits per heavy atom. The molecule has 0 unspecified atom stereocenters. The Morgan fingerprint density at radius 3 is 2.14 bits per heavy atom. The molecule has 0 N–H and O–H groups in total. The van der Waals surface area contributed by atoms with Crippen molar-refractivity contribution in [1.29, 1.82) is 0 Å². The molecule has 2 aromatic rings. The van der Waals surface area contributed by atoms with Gasteiger partial charge in [0.15, 0.2) is 5.78 Å². The van der Waals surface area contributed by atoms with Crippen molar-refractivity contribution in [2.75, 3.05) is 0 Å². The molecule has 0 aliphatic carbocycles. The minimum atomic E-state index is -4.59. The van der Waals surface area contributed by atoms with E-state index in [1.165, 1.54) is 36.4 Å². The van der Waals surface area contributed by atoms with E-state index in [9.17, 15) is 18.0 Å². The summed E-state index contributed by atoms with van der Waals surface area (Å²) in [4.78, 5) is 12.0. The largest absolute Gasteiger partial charge is 0.417 e. The summed E-state index contributed by atoms with van der Waals surface area (Å²) in [6.45, 7) is 0. The van der Waals surface area contributed by atoms with Gasteiger partial charge < -0.3 is 0 Å². The van der Waals surface area contributed by atoms with Crippen LogP contribution in [0, 0.1) is 0 Å². The maximum Gasteiger partial charge on any atom is 0.417 e. The van der Waals surface area contributed by atoms with Crippen molar-refractivity contribution < 1.29 is 18.0 Å². The predicted octanol–water partition coefficient (Wildman–Crippen LogP) is 5.28. The summed E-state index contributed by atoms with van der Waals surface area (Å²) >= 11 is 3.19. The minimum Gasteiger partial charge on any atom is -0.289 e. The second-order valence-electron chi connectivity index (χ2n) is 4.30. The molecule has 0 bridgehead atoms. The van der Waals surface area contributed by atoms with Crippen molar-refractivity contribution in [3.63, 3.8) is 0 Å². The molecule has 0 aromatic heterocycles. The molecule has 0 saturated heterocycles. The first-order valence-electron chi connectivity index (χ1n) is 6.02. The van der Waals surface area contributed by atoms with Crippen LogP contribution in [0.1, 0.15) is 15.9 Å². The molecular weight excluding hydrogens is 345 g/mol. The summed E-state index contributed by atoms with van der Waals surface area (Å²) in [5.41, 5.74) is -0.788. The average molecular weight is 355 g/mol. The number of rotatable bonds is 3. The number of alkyl halides is 3. The SMILES string of the molecule is O=C(/C=C(\c1ccccc1)C(F)(F)F)c1cccc(Br)c1. The first kappa shape index (κ1) is 15.5. The van der Waals surface area contributed by atoms with Crippen molar-refractivity contribution in [2.45, 2.75) is 6.18 Å². The summed E-state index contributed by atoms with van der Waals surface area (Å²) in [7, 11) is 0. The highest BCUT2D eigenvalue weighted by Crippen LogP contribution is 2.34. The Balaban J connectivity index is 2.45. The van der Waals surface area contributed by atoms with Gasteiger partial charge in [-0.25, -0.2) is 0 Å². The van der Waals surface area contributed by atoms with Crippen LogP contribution < -0.4 is 0 Å². The number of carbonyl (C=O) groups excluding carboxylic acids is 1. The Morgan fingerprint density at radius 1 is 0.952 bits per heavy atom. The van der Waals surface area contributed by atoms with Gasteiger partial charge in [-0.2, -0.15) is 13.2 Å². The highest BCUT2D eigenvalue weighted by Gasteiger charge is 2.35. The minimum absolute atomic E-state index is 0.0339. The van der Waals surface area contributed by atoms with E-state index in [0.717, 1.165) is 0 Å². The molecule has 21 heavy (non-hydrogen) atoms. The summed E-state index contributed by atoms with van der Waals surface area (Å²) in [5.74, 6) is -0.688. The topological polar surface area (TPSA) is 17.1 Å². The van der Waals surface area contributed by atoms with E-state index in [1.54, 1.807) is 18.2 Å². The Hall–Kier alpha value is -1.88. The number of ketones is 1. The van der Waals surface area contributed by atoms with Crippen LogP contribution in [0.5, 0.6) is 0 Å². The Kier molecular flexibility index (Phi) is 4.63. The van der Waals surface area contributed by atoms with Crippen LogP contribution in [-0.2, 0) is 0 Å². The number of hydrogen-bond acceptors (Lipinski definition) is 1. The number of halogens is 4. The quantitative estimate of drug-likeness (QED) is 0.541. The van der Waals surface area contributed by atoms with Crippen LogP contribution >= 0.6 is 15.9 Å². The molecule has 0 fully saturated rings. The van der Waals surface area contributed by atoms with Gasteiger partial charge in [-0.3, -0.25) is 4.79 Å². The lowest BCUT2D eigenvalue weighted by atomic mass is 10.0. The molecular formula is C16H10BrF3O. The number of carbonyl (C=O) groups is 1. The van der Waals surface area contributed by atoms with E-state index >= 15 is 0 Å². The fourth-order valence-corrected chi connectivity index (χ4v) is 2.20. The standard InChI is InChI=1S/C16H10BrF3O/c17-13-8-4-7-12(9-13)15(21)10-14(16(18,19)20)11-5-2-1-3-6-11/h1-10H/b14-10+. The molecule has 108 valence electrons. The van der Waals surface area contributed by atoms with Crippen molar-refractivity contribution in [2.24, 2.45) is 0 Å². The van der Waals surface area contributed by atoms with E-state index < -0.39 is 17.5 Å². The zero-order valence-corrected chi connectivity index (χ0v) is 12.3. The van der Waals surface area contributed by atoms with Gasteiger partial charge in [0, 0.05) is 10.0 Å². The lowest BCUT2D eigenvalue weighted by molar-refractivity contribution is -0.0689. The zero-order valence-electron chi connectivity index (χ0n) is 10.7. The van der Waals surface area contributed by atoms with Crippen LogP contribution in [0.2, 0.25) is 0 Å². The lowest BCUT2D eigenvalue weighted by Gasteiger charge is -2.11. The zero-order chi connectivity index (χ0) is 15.5. The van der Waals surface area contributed by atoms with E-state index in [4.69, 9.17) is 0 Å². The third kappa shape index (κ3) is 4.04. The summed E-state index contributed by atoms with van der Waals surface area (Å²) < 4.78 is 40.0. The smallest absolute Gasteiger partial charge is 0.289 e. The van der Waals surface area contributed by atoms with Crippen molar-refractivity contribution in [3.05, 3.63) is 76.3 Å². The van der Waals surface area contributed by atoms with Gasteiger partial charge in [-0.05, 0) is 23.8 Å². The third-order valence-corrected chi connectivity index (χ3v) is 3.27. The fourth-order valence-electron chi connectivity index (χ4n) is 1.80. The summed E-state index contributed by atoms with van der Waals surface area (Å²) in [5, 5.41) is 0. The van der Waals surface area contributed by atoms with Crippen LogP contribution in [0.15, 0.2) is 65.1 Å². The monoisotopic (exact) mass is 354 g/mol. The number of allylic oxidation sites excluding steroid dienone is 2. The predicted molar refractivity (Wildman–Crippen MR) is 78.9 cm³/mol. The van der Waals surface area contributed by atoms with Crippen molar-refractivity contribution in [1.82, 2.24) is 0 Å². The van der Waals surface area contributed by atoms with E-state index in [2.05, 4.69) is 15.9 Å². The second kappa shape index (κ2) is 6.26. The van der Waals surface area contributed by atoms with Gasteiger partial charge in [-0.15, -0.1) is 0 Å². The fraction of sp³-hybridized carbons (Fsp3) is 0.0625. The summed E-state index contributed by atoms with van der Waals surface area (Å²) in [6.07, 6.45) is -3.96. The molecule has 0 saturated carbocycles. The Bertz CT molecular complexity index is 675. The molecule has 5 heteroatoms. The van der Waals surface area contributed by atoms with Gasteiger partial charge in [0.25, 0.3) is 0 Å². The normalized spacial score (nSPS) is 12.3. The van der Waals surface area contributed by atoms with Crippen LogP contribution in [0.3, 0.4) is 0 Å². The molecule has 0 heterocycles. The van der Waals surface area contributed by atoms with Crippen molar-refractivity contribution >= 4 is 27.3 Å². The van der Waals surface area contributed by atoms with Gasteiger partial charge in [0.05, 0.1) is 5.57 Å². The molecule has 2 aromatic carbocycles. The maximum atomic E-state index is 13.1. The van der Waals surface area contributed by atoms with Crippen LogP contribution in [0.25, 0.3) is 5.57 Å². The molecule has 1 nitrogen and oxygen atoms in total. The lowest BCUT2D eigenvalue weighted by Crippen LogP contribution is -2.12. The van der Waals surface area contributed by atoms with E-state index in [1.807, 2.05) is 0 Å². The van der Waals surface area contributed by atoms with Gasteiger partial charge >= 0.3 is 6.18 Å². The first-order valence-corrected chi connectivity index (χ1v) is 6.81. The maximum absolute atomic E-state index is 13.1. The molecule has 0 amide bonds. The highest BCUT2D eigenvalue weighted by molar-refractivity contribution is 9.10. The van der Waals surface area contributed by atoms with Gasteiger partial charge in [-0.1, -0.05) is 58.4 Å². The molecule has 0 radical (unpaired) electrons. The van der Waals surface area contributed by atoms with Gasteiger partial charge in [0.2, 0.25) is 0 Å². The number of benzene rings is 2. The van der Waals surface area contributed by atoms with Gasteiger partial charge in [0.1, 0.15) is 0 Å². The molecule has 0 aliphatic rings. The molecule has 0 atom stereocenters. The highest BCUT2D eigenvalue weighted by atomic mass is 79.9. The van der Waals surface area contributed by atoms with Crippen molar-refractivity contribution in [3.8, 4) is 0 Å². The average Bonchev–Trinajstić information content (AvgIpc) is 2.44. The Labute approximate surface area is 128 Å². The summed E-state index contributed by atoms with van der Waals surface area (Å²) in [6, 6.07) is 13.5. The van der Waals surface area contributed by atoms with E-state index in [0.29, 0.717) is 10.5 Å². The van der Waals surface area contributed by atoms with E-state index in [-0.39, 0.29) is 11.1 Å². The number of hydrogen-bond donors (Lipinski definition) is 0. The van der Waals surface area contributed by atoms with Crippen LogP contribution in [-0.4, -0.2) is 12.0 Å². The molecule has 0 spiro atoms. The third-order valence-electron chi connectivity index (χ3n) is 2.77. The molecule has 2 rings (SSSR count). The van der Waals surface area contributed by atoms with Crippen LogP contribution in [0.4, 0.5) is 13.2 Å². The molecule has 0 aliphatic heterocycles. The second-order valence-corrected chi connectivity index (χ2v) is 5.21. The first-order chi connectivity index (χ1) is 9.88.